The van der Waals surface area contributed by atoms with Gasteiger partial charge in [-0.2, -0.15) is 0 Å². The van der Waals surface area contributed by atoms with Gasteiger partial charge in [0.25, 0.3) is 0 Å². The summed E-state index contributed by atoms with van der Waals surface area (Å²) in [5.41, 5.74) is 5.58. The number of carbonyl (C=O) groups excluding carboxylic acids is 1. The van der Waals surface area contributed by atoms with E-state index < -0.39 is 0 Å². The van der Waals surface area contributed by atoms with Gasteiger partial charge in [-0.3, -0.25) is 4.57 Å². The maximum atomic E-state index is 12.4. The molecule has 2 aromatic heterocycles. The van der Waals surface area contributed by atoms with Crippen molar-refractivity contribution < 1.29 is 9.53 Å². The monoisotopic (exact) mass is 491 g/mol. The number of pyridine rings is 1. The number of benzene rings is 2. The van der Waals surface area contributed by atoms with Gasteiger partial charge < -0.3 is 20.7 Å². The van der Waals surface area contributed by atoms with Crippen molar-refractivity contribution in [1.29, 1.82) is 0 Å². The van der Waals surface area contributed by atoms with Crippen molar-refractivity contribution in [2.75, 3.05) is 17.7 Å². The summed E-state index contributed by atoms with van der Waals surface area (Å²) >= 11 is 0. The number of rotatable bonds is 5. The molecule has 3 N–H and O–H groups in total. The van der Waals surface area contributed by atoms with E-state index >= 15 is 0 Å². The molecule has 4 aromatic rings. The number of nitrogens with one attached hydrogen (secondary N) is 3. The van der Waals surface area contributed by atoms with E-state index in [9.17, 15) is 4.79 Å². The summed E-state index contributed by atoms with van der Waals surface area (Å²) in [6.07, 6.45) is 7.92. The second-order valence-electron chi connectivity index (χ2n) is 8.75. The quantitative estimate of drug-likeness (QED) is 0.357. The standard InChI is InChI=1S/C28H25N7O2/c1-37-21-7-4-6-20(16-21)31-28(36)30-17-18-11-13-19(14-12-18)26-33-34-27-22-8-2-3-9-23(22)32-25-24(35(26)27)10-5-15-29-25/h2,4-8,10-16H,3,9,17H2,1H3,(H,29,32)(H2,30,31,36). The molecule has 0 radical (unpaired) electrons. The topological polar surface area (TPSA) is 106 Å². The molecule has 37 heavy (non-hydrogen) atoms. The maximum absolute atomic E-state index is 12.4. The van der Waals surface area contributed by atoms with Crippen LogP contribution < -0.4 is 20.7 Å². The smallest absolute Gasteiger partial charge is 0.319 e. The zero-order valence-corrected chi connectivity index (χ0v) is 20.2. The lowest BCUT2D eigenvalue weighted by molar-refractivity contribution is 0.251. The normalized spacial score (nSPS) is 13.5. The molecule has 0 bridgehead atoms. The zero-order valence-electron chi connectivity index (χ0n) is 20.2. The molecule has 0 spiro atoms. The molecule has 0 atom stereocenters. The first-order valence-corrected chi connectivity index (χ1v) is 12.1. The molecule has 9 heteroatoms. The van der Waals surface area contributed by atoms with Crippen LogP contribution in [-0.4, -0.2) is 32.9 Å². The molecule has 0 fully saturated rings. The van der Waals surface area contributed by atoms with E-state index in [-0.39, 0.29) is 6.03 Å². The summed E-state index contributed by atoms with van der Waals surface area (Å²) in [4.78, 5) is 16.9. The molecule has 6 rings (SSSR count). The molecule has 0 unspecified atom stereocenters. The first kappa shape index (κ1) is 22.5. The summed E-state index contributed by atoms with van der Waals surface area (Å²) in [5, 5.41) is 18.4. The van der Waals surface area contributed by atoms with E-state index in [1.165, 1.54) is 0 Å². The van der Waals surface area contributed by atoms with Crippen molar-refractivity contribution in [3.63, 3.8) is 0 Å². The SMILES string of the molecule is COc1cccc(NC(=O)NCc2ccc(-c3nnc4n3-c3cccnc3NC3=C4C=CCC3)cc2)c1. The van der Waals surface area contributed by atoms with Gasteiger partial charge in [-0.15, -0.1) is 10.2 Å². The number of ether oxygens (including phenoxy) is 1. The van der Waals surface area contributed by atoms with Crippen LogP contribution >= 0.6 is 0 Å². The van der Waals surface area contributed by atoms with E-state index in [0.717, 1.165) is 58.4 Å². The third-order valence-electron chi connectivity index (χ3n) is 6.36. The van der Waals surface area contributed by atoms with E-state index in [2.05, 4.69) is 47.9 Å². The largest absolute Gasteiger partial charge is 0.497 e. The summed E-state index contributed by atoms with van der Waals surface area (Å²) < 4.78 is 7.26. The fourth-order valence-electron chi connectivity index (χ4n) is 4.52. The summed E-state index contributed by atoms with van der Waals surface area (Å²) in [6.45, 7) is 0.381. The van der Waals surface area contributed by atoms with Gasteiger partial charge in [-0.25, -0.2) is 9.78 Å². The van der Waals surface area contributed by atoms with Crippen molar-refractivity contribution >= 4 is 23.1 Å². The molecule has 3 heterocycles. The van der Waals surface area contributed by atoms with Crippen molar-refractivity contribution in [2.24, 2.45) is 0 Å². The molecule has 2 aliphatic rings. The van der Waals surface area contributed by atoms with Gasteiger partial charge in [0.05, 0.1) is 12.8 Å². The molecular weight excluding hydrogens is 466 g/mol. The van der Waals surface area contributed by atoms with Gasteiger partial charge in [-0.1, -0.05) is 42.5 Å². The van der Waals surface area contributed by atoms with Crippen LogP contribution in [0.25, 0.3) is 22.6 Å². The Morgan fingerprint density at radius 3 is 2.81 bits per heavy atom. The molecule has 184 valence electrons. The van der Waals surface area contributed by atoms with Gasteiger partial charge in [0.1, 0.15) is 5.75 Å². The molecule has 1 aliphatic carbocycles. The van der Waals surface area contributed by atoms with E-state index in [4.69, 9.17) is 4.74 Å². The van der Waals surface area contributed by atoms with Gasteiger partial charge in [0.15, 0.2) is 17.5 Å². The van der Waals surface area contributed by atoms with Crippen LogP contribution in [0, 0.1) is 0 Å². The van der Waals surface area contributed by atoms with Crippen molar-refractivity contribution in [3.05, 3.63) is 96.1 Å². The minimum absolute atomic E-state index is 0.290. The van der Waals surface area contributed by atoms with Crippen molar-refractivity contribution in [2.45, 2.75) is 19.4 Å². The molecule has 2 aromatic carbocycles. The Labute approximate surface area is 213 Å². The average Bonchev–Trinajstić information content (AvgIpc) is 3.32. The predicted octanol–water partition coefficient (Wildman–Crippen LogP) is 5.15. The Bertz CT molecular complexity index is 1540. The Morgan fingerprint density at radius 1 is 1.08 bits per heavy atom. The summed E-state index contributed by atoms with van der Waals surface area (Å²) in [7, 11) is 1.59. The van der Waals surface area contributed by atoms with Gasteiger partial charge >= 0.3 is 6.03 Å². The lowest BCUT2D eigenvalue weighted by Gasteiger charge is -2.13. The highest BCUT2D eigenvalue weighted by Crippen LogP contribution is 2.37. The minimum Gasteiger partial charge on any atom is -0.497 e. The number of urea groups is 1. The third kappa shape index (κ3) is 4.42. The number of nitrogens with zero attached hydrogens (tertiary/aromatic N) is 4. The highest BCUT2D eigenvalue weighted by Gasteiger charge is 2.26. The van der Waals surface area contributed by atoms with Crippen molar-refractivity contribution in [3.8, 4) is 22.8 Å². The van der Waals surface area contributed by atoms with E-state index in [1.807, 2.05) is 54.6 Å². The van der Waals surface area contributed by atoms with Crippen LogP contribution in [0.2, 0.25) is 0 Å². The number of hydrogen-bond acceptors (Lipinski definition) is 6. The molecular formula is C28H25N7O2. The van der Waals surface area contributed by atoms with Crippen molar-refractivity contribution in [1.82, 2.24) is 25.1 Å². The molecule has 0 saturated heterocycles. The highest BCUT2D eigenvalue weighted by atomic mass is 16.5. The molecule has 9 nitrogen and oxygen atoms in total. The zero-order chi connectivity index (χ0) is 25.2. The second-order valence-corrected chi connectivity index (χ2v) is 8.75. The first-order chi connectivity index (χ1) is 18.2. The number of fused-ring (bicyclic) bond motifs is 4. The van der Waals surface area contributed by atoms with Gasteiger partial charge in [0, 0.05) is 41.3 Å². The second kappa shape index (κ2) is 9.62. The molecule has 2 amide bonds. The third-order valence-corrected chi connectivity index (χ3v) is 6.36. The lowest BCUT2D eigenvalue weighted by Crippen LogP contribution is -2.28. The van der Waals surface area contributed by atoms with Crippen LogP contribution in [0.1, 0.15) is 24.2 Å². The summed E-state index contributed by atoms with van der Waals surface area (Å²) in [6, 6.07) is 18.8. The fraction of sp³-hybridized carbons (Fsp3) is 0.143. The molecule has 1 aliphatic heterocycles. The first-order valence-electron chi connectivity index (χ1n) is 12.1. The van der Waals surface area contributed by atoms with Crippen LogP contribution in [0.4, 0.5) is 16.3 Å². The Kier molecular flexibility index (Phi) is 5.86. The number of anilines is 2. The minimum atomic E-state index is -0.290. The summed E-state index contributed by atoms with van der Waals surface area (Å²) in [5.74, 6) is 2.99. The van der Waals surface area contributed by atoms with Crippen LogP contribution in [0.5, 0.6) is 5.75 Å². The van der Waals surface area contributed by atoms with Gasteiger partial charge in [-0.05, 0) is 42.7 Å². The Hall–Kier alpha value is -4.92. The Morgan fingerprint density at radius 2 is 1.95 bits per heavy atom. The number of allylic oxidation sites excluding steroid dienone is 4. The van der Waals surface area contributed by atoms with Crippen LogP contribution in [0.3, 0.4) is 0 Å². The average molecular weight is 492 g/mol. The number of aromatic nitrogens is 4. The lowest BCUT2D eigenvalue weighted by atomic mass is 10.0. The maximum Gasteiger partial charge on any atom is 0.319 e. The van der Waals surface area contributed by atoms with Crippen LogP contribution in [0.15, 0.2) is 84.7 Å². The number of carbonyl (C=O) groups is 1. The highest BCUT2D eigenvalue weighted by molar-refractivity contribution is 5.89. The van der Waals surface area contributed by atoms with E-state index in [1.54, 1.807) is 19.4 Å². The Balaban J connectivity index is 1.23. The number of methoxy groups -OCH3 is 1. The van der Waals surface area contributed by atoms with E-state index in [0.29, 0.717) is 18.0 Å². The van der Waals surface area contributed by atoms with Gasteiger partial charge in [0.2, 0.25) is 0 Å². The molecule has 0 saturated carbocycles. The number of amides is 2. The number of hydrogen-bond donors (Lipinski definition) is 3. The van der Waals surface area contributed by atoms with Crippen LogP contribution in [-0.2, 0) is 6.54 Å². The predicted molar refractivity (Wildman–Crippen MR) is 142 cm³/mol. The fourth-order valence-corrected chi connectivity index (χ4v) is 4.52.